The maximum absolute atomic E-state index is 12.4. The lowest BCUT2D eigenvalue weighted by Crippen LogP contribution is -2.15. The monoisotopic (exact) mass is 362 g/mol. The van der Waals surface area contributed by atoms with Crippen molar-refractivity contribution in [1.29, 1.82) is 0 Å². The number of anilines is 3. The minimum absolute atomic E-state index is 0.109. The van der Waals surface area contributed by atoms with Gasteiger partial charge in [-0.05, 0) is 42.5 Å². The number of para-hydroxylation sites is 1. The van der Waals surface area contributed by atoms with Gasteiger partial charge >= 0.3 is 0 Å². The van der Waals surface area contributed by atoms with E-state index in [0.717, 1.165) is 22.6 Å². The summed E-state index contributed by atoms with van der Waals surface area (Å²) < 4.78 is 10.5. The second kappa shape index (κ2) is 8.76. The van der Waals surface area contributed by atoms with Crippen molar-refractivity contribution in [3.05, 3.63) is 78.4 Å². The van der Waals surface area contributed by atoms with Crippen LogP contribution in [0.3, 0.4) is 0 Å². The lowest BCUT2D eigenvalue weighted by Gasteiger charge is -2.11. The van der Waals surface area contributed by atoms with Crippen LogP contribution in [0.15, 0.2) is 72.8 Å². The van der Waals surface area contributed by atoms with Gasteiger partial charge in [-0.3, -0.25) is 4.79 Å². The van der Waals surface area contributed by atoms with Crippen molar-refractivity contribution >= 4 is 23.0 Å². The Bertz CT molecular complexity index is 893. The van der Waals surface area contributed by atoms with Crippen LogP contribution in [0.1, 0.15) is 5.56 Å². The van der Waals surface area contributed by atoms with Gasteiger partial charge in [-0.25, -0.2) is 0 Å². The number of hydrogen-bond acceptors (Lipinski definition) is 4. The van der Waals surface area contributed by atoms with E-state index in [0.29, 0.717) is 11.5 Å². The van der Waals surface area contributed by atoms with Gasteiger partial charge in [0.05, 0.1) is 20.6 Å². The lowest BCUT2D eigenvalue weighted by molar-refractivity contribution is -0.115. The normalized spacial score (nSPS) is 10.1. The molecule has 3 aromatic rings. The number of benzene rings is 3. The van der Waals surface area contributed by atoms with Gasteiger partial charge in [0, 0.05) is 28.7 Å². The van der Waals surface area contributed by atoms with Crippen LogP contribution in [-0.4, -0.2) is 20.1 Å². The highest BCUT2D eigenvalue weighted by atomic mass is 16.5. The Morgan fingerprint density at radius 3 is 2.15 bits per heavy atom. The van der Waals surface area contributed by atoms with E-state index in [1.807, 2.05) is 66.7 Å². The average molecular weight is 362 g/mol. The molecule has 0 radical (unpaired) electrons. The molecule has 2 N–H and O–H groups in total. The fourth-order valence-corrected chi connectivity index (χ4v) is 2.70. The van der Waals surface area contributed by atoms with E-state index in [4.69, 9.17) is 9.47 Å². The Hall–Kier alpha value is -3.47. The first-order valence-electron chi connectivity index (χ1n) is 8.61. The first-order chi connectivity index (χ1) is 13.2. The fourth-order valence-electron chi connectivity index (χ4n) is 2.70. The van der Waals surface area contributed by atoms with Crippen LogP contribution in [0, 0.1) is 0 Å². The smallest absolute Gasteiger partial charge is 0.228 e. The number of amides is 1. The van der Waals surface area contributed by atoms with Gasteiger partial charge < -0.3 is 20.1 Å². The van der Waals surface area contributed by atoms with E-state index in [9.17, 15) is 4.79 Å². The van der Waals surface area contributed by atoms with Crippen molar-refractivity contribution in [1.82, 2.24) is 0 Å². The Morgan fingerprint density at radius 1 is 0.815 bits per heavy atom. The summed E-state index contributed by atoms with van der Waals surface area (Å²) in [5, 5.41) is 6.22. The maximum atomic E-state index is 12.4. The van der Waals surface area contributed by atoms with Crippen LogP contribution >= 0.6 is 0 Å². The Morgan fingerprint density at radius 2 is 1.48 bits per heavy atom. The second-order valence-corrected chi connectivity index (χ2v) is 5.97. The standard InChI is InChI=1S/C22H22N2O3/c1-26-20-13-8-16(21(15-20)27-2)14-22(25)24-19-11-9-18(10-12-19)23-17-6-4-3-5-7-17/h3-13,15,23H,14H2,1-2H3,(H,24,25). The molecule has 3 aromatic carbocycles. The van der Waals surface area contributed by atoms with Gasteiger partial charge in [-0.15, -0.1) is 0 Å². The first kappa shape index (κ1) is 18.3. The van der Waals surface area contributed by atoms with Crippen molar-refractivity contribution in [3.8, 4) is 11.5 Å². The molecule has 0 aliphatic rings. The Labute approximate surface area is 158 Å². The molecule has 0 saturated heterocycles. The highest BCUT2D eigenvalue weighted by Gasteiger charge is 2.10. The van der Waals surface area contributed by atoms with Crippen LogP contribution < -0.4 is 20.1 Å². The second-order valence-electron chi connectivity index (χ2n) is 5.97. The number of nitrogens with one attached hydrogen (secondary N) is 2. The SMILES string of the molecule is COc1ccc(CC(=O)Nc2ccc(Nc3ccccc3)cc2)c(OC)c1. The summed E-state index contributed by atoms with van der Waals surface area (Å²) in [6.45, 7) is 0. The third kappa shape index (κ3) is 5.01. The molecule has 0 saturated carbocycles. The van der Waals surface area contributed by atoms with E-state index in [1.54, 1.807) is 20.3 Å². The molecule has 0 aliphatic heterocycles. The zero-order chi connectivity index (χ0) is 19.1. The molecular formula is C22H22N2O3. The quantitative estimate of drug-likeness (QED) is 0.643. The minimum atomic E-state index is -0.109. The summed E-state index contributed by atoms with van der Waals surface area (Å²) in [4.78, 5) is 12.4. The van der Waals surface area contributed by atoms with Crippen molar-refractivity contribution in [3.63, 3.8) is 0 Å². The molecule has 138 valence electrons. The Kier molecular flexibility index (Phi) is 5.94. The van der Waals surface area contributed by atoms with E-state index in [1.165, 1.54) is 0 Å². The number of carbonyl (C=O) groups excluding carboxylic acids is 1. The molecule has 1 amide bonds. The molecule has 0 spiro atoms. The summed E-state index contributed by atoms with van der Waals surface area (Å²) in [5.41, 5.74) is 3.51. The predicted octanol–water partition coefficient (Wildman–Crippen LogP) is 4.63. The average Bonchev–Trinajstić information content (AvgIpc) is 2.70. The molecule has 5 nitrogen and oxygen atoms in total. The molecule has 0 bridgehead atoms. The molecule has 0 aromatic heterocycles. The van der Waals surface area contributed by atoms with Gasteiger partial charge in [0.1, 0.15) is 11.5 Å². The summed E-state index contributed by atoms with van der Waals surface area (Å²) in [7, 11) is 3.17. The van der Waals surface area contributed by atoms with Crippen LogP contribution in [0.25, 0.3) is 0 Å². The van der Waals surface area contributed by atoms with Crippen molar-refractivity contribution < 1.29 is 14.3 Å². The van der Waals surface area contributed by atoms with Gasteiger partial charge in [-0.2, -0.15) is 0 Å². The van der Waals surface area contributed by atoms with Crippen LogP contribution in [0.4, 0.5) is 17.1 Å². The summed E-state index contributed by atoms with van der Waals surface area (Å²) in [6.07, 6.45) is 0.219. The predicted molar refractivity (Wildman–Crippen MR) is 108 cm³/mol. The molecule has 0 fully saturated rings. The Balaban J connectivity index is 1.61. The number of methoxy groups -OCH3 is 2. The van der Waals surface area contributed by atoms with E-state index in [2.05, 4.69) is 10.6 Å². The third-order valence-corrected chi connectivity index (χ3v) is 4.08. The number of hydrogen-bond donors (Lipinski definition) is 2. The molecule has 0 heterocycles. The van der Waals surface area contributed by atoms with Crippen LogP contribution in [-0.2, 0) is 11.2 Å². The van der Waals surface area contributed by atoms with Gasteiger partial charge in [0.25, 0.3) is 0 Å². The van der Waals surface area contributed by atoms with Crippen molar-refractivity contribution in [2.24, 2.45) is 0 Å². The third-order valence-electron chi connectivity index (χ3n) is 4.08. The lowest BCUT2D eigenvalue weighted by atomic mass is 10.1. The molecular weight excluding hydrogens is 340 g/mol. The van der Waals surface area contributed by atoms with Crippen LogP contribution in [0.5, 0.6) is 11.5 Å². The highest BCUT2D eigenvalue weighted by Crippen LogP contribution is 2.25. The van der Waals surface area contributed by atoms with Gasteiger partial charge in [0.2, 0.25) is 5.91 Å². The largest absolute Gasteiger partial charge is 0.497 e. The van der Waals surface area contributed by atoms with Crippen molar-refractivity contribution in [2.75, 3.05) is 24.9 Å². The molecule has 5 heteroatoms. The van der Waals surface area contributed by atoms with E-state index in [-0.39, 0.29) is 12.3 Å². The highest BCUT2D eigenvalue weighted by molar-refractivity contribution is 5.92. The molecule has 27 heavy (non-hydrogen) atoms. The summed E-state index contributed by atoms with van der Waals surface area (Å²) in [6, 6.07) is 22.9. The minimum Gasteiger partial charge on any atom is -0.497 e. The van der Waals surface area contributed by atoms with Crippen molar-refractivity contribution in [2.45, 2.75) is 6.42 Å². The summed E-state index contributed by atoms with van der Waals surface area (Å²) >= 11 is 0. The van der Waals surface area contributed by atoms with Crippen LogP contribution in [0.2, 0.25) is 0 Å². The maximum Gasteiger partial charge on any atom is 0.228 e. The topological polar surface area (TPSA) is 59.6 Å². The van der Waals surface area contributed by atoms with Gasteiger partial charge in [0.15, 0.2) is 0 Å². The number of ether oxygens (including phenoxy) is 2. The number of carbonyl (C=O) groups is 1. The summed E-state index contributed by atoms with van der Waals surface area (Å²) in [5.74, 6) is 1.21. The fraction of sp³-hybridized carbons (Fsp3) is 0.136. The van der Waals surface area contributed by atoms with E-state index >= 15 is 0 Å². The molecule has 0 atom stereocenters. The molecule has 3 rings (SSSR count). The van der Waals surface area contributed by atoms with E-state index < -0.39 is 0 Å². The zero-order valence-electron chi connectivity index (χ0n) is 15.4. The first-order valence-corrected chi connectivity index (χ1v) is 8.61. The zero-order valence-corrected chi connectivity index (χ0v) is 15.4. The number of rotatable bonds is 7. The van der Waals surface area contributed by atoms with Gasteiger partial charge in [-0.1, -0.05) is 24.3 Å². The molecule has 0 aliphatic carbocycles. The molecule has 0 unspecified atom stereocenters.